The smallest absolute Gasteiger partial charge is 0.0954 e. The average molecular weight is 222 g/mol. The van der Waals surface area contributed by atoms with E-state index in [1.807, 2.05) is 13.8 Å². The van der Waals surface area contributed by atoms with Crippen molar-refractivity contribution in [1.82, 2.24) is 0 Å². The molecule has 0 rings (SSSR count). The van der Waals surface area contributed by atoms with Crippen molar-refractivity contribution in [2.75, 3.05) is 12.3 Å². The second kappa shape index (κ2) is 5.89. The van der Waals surface area contributed by atoms with Gasteiger partial charge in [-0.05, 0) is 20.3 Å². The standard InChI is InChI=1S/C10H23O3P/c1-5-10(4)14(13,6-8(2)11)7-9(3)12/h8-12H,5-7H2,1-4H3. The Bertz CT molecular complexity index is 188. The van der Waals surface area contributed by atoms with E-state index in [0.29, 0.717) is 12.3 Å². The van der Waals surface area contributed by atoms with Gasteiger partial charge in [0, 0.05) is 18.0 Å². The summed E-state index contributed by atoms with van der Waals surface area (Å²) in [7, 11) is -2.42. The molecule has 0 aliphatic rings. The monoisotopic (exact) mass is 222 g/mol. The molecule has 0 aromatic rings. The van der Waals surface area contributed by atoms with Crippen LogP contribution >= 0.6 is 7.14 Å². The lowest BCUT2D eigenvalue weighted by molar-refractivity contribution is 0.209. The molecule has 0 spiro atoms. The fourth-order valence-corrected chi connectivity index (χ4v) is 4.98. The molecule has 3 unspecified atom stereocenters. The minimum Gasteiger partial charge on any atom is -0.393 e. The van der Waals surface area contributed by atoms with Crippen LogP contribution in [-0.2, 0) is 4.57 Å². The quantitative estimate of drug-likeness (QED) is 0.675. The third kappa shape index (κ3) is 4.59. The van der Waals surface area contributed by atoms with Crippen LogP contribution in [-0.4, -0.2) is 40.4 Å². The summed E-state index contributed by atoms with van der Waals surface area (Å²) in [5.74, 6) is 0. The van der Waals surface area contributed by atoms with E-state index in [4.69, 9.17) is 0 Å². The van der Waals surface area contributed by atoms with Crippen molar-refractivity contribution in [2.24, 2.45) is 0 Å². The fraction of sp³-hybridized carbons (Fsp3) is 1.00. The van der Waals surface area contributed by atoms with Crippen molar-refractivity contribution < 1.29 is 14.8 Å². The lowest BCUT2D eigenvalue weighted by atomic mass is 10.4. The maximum absolute atomic E-state index is 12.4. The Morgan fingerprint density at radius 1 is 1.07 bits per heavy atom. The Morgan fingerprint density at radius 2 is 1.43 bits per heavy atom. The summed E-state index contributed by atoms with van der Waals surface area (Å²) in [6.45, 7) is 7.22. The highest BCUT2D eigenvalue weighted by Gasteiger charge is 2.31. The number of aliphatic hydroxyl groups is 2. The molecule has 14 heavy (non-hydrogen) atoms. The van der Waals surface area contributed by atoms with Crippen LogP contribution < -0.4 is 0 Å². The van der Waals surface area contributed by atoms with Crippen LogP contribution in [0, 0.1) is 0 Å². The summed E-state index contributed by atoms with van der Waals surface area (Å²) in [5, 5.41) is 18.6. The van der Waals surface area contributed by atoms with Gasteiger partial charge in [0.2, 0.25) is 0 Å². The zero-order valence-corrected chi connectivity index (χ0v) is 10.5. The molecular formula is C10H23O3P. The highest BCUT2D eigenvalue weighted by Crippen LogP contribution is 2.52. The molecule has 86 valence electrons. The molecule has 0 fully saturated rings. The van der Waals surface area contributed by atoms with E-state index in [9.17, 15) is 14.8 Å². The Balaban J connectivity index is 4.58. The molecule has 0 aromatic carbocycles. The summed E-state index contributed by atoms with van der Waals surface area (Å²) in [6.07, 6.45) is 0.387. The molecule has 3 nitrogen and oxygen atoms in total. The molecule has 0 radical (unpaired) electrons. The van der Waals surface area contributed by atoms with E-state index in [-0.39, 0.29) is 5.66 Å². The summed E-state index contributed by atoms with van der Waals surface area (Å²) < 4.78 is 12.4. The lowest BCUT2D eigenvalue weighted by Gasteiger charge is -2.26. The number of hydrogen-bond donors (Lipinski definition) is 2. The van der Waals surface area contributed by atoms with Gasteiger partial charge in [0.25, 0.3) is 0 Å². The van der Waals surface area contributed by atoms with E-state index in [1.165, 1.54) is 0 Å². The van der Waals surface area contributed by atoms with Crippen molar-refractivity contribution in [2.45, 2.75) is 52.0 Å². The molecular weight excluding hydrogens is 199 g/mol. The maximum atomic E-state index is 12.4. The molecule has 0 amide bonds. The second-order valence-corrected chi connectivity index (χ2v) is 7.79. The SMILES string of the molecule is CCC(C)P(=O)(CC(C)O)CC(C)O. The van der Waals surface area contributed by atoms with Gasteiger partial charge in [-0.15, -0.1) is 0 Å². The molecule has 0 aliphatic heterocycles. The fourth-order valence-electron chi connectivity index (χ4n) is 1.66. The van der Waals surface area contributed by atoms with Crippen LogP contribution in [0.2, 0.25) is 0 Å². The Morgan fingerprint density at radius 3 is 1.64 bits per heavy atom. The molecule has 0 aromatic heterocycles. The Labute approximate surface area is 86.9 Å². The van der Waals surface area contributed by atoms with Gasteiger partial charge >= 0.3 is 0 Å². The van der Waals surface area contributed by atoms with E-state index in [2.05, 4.69) is 0 Å². The van der Waals surface area contributed by atoms with Gasteiger partial charge in [-0.3, -0.25) is 0 Å². The first-order chi connectivity index (χ1) is 6.31. The summed E-state index contributed by atoms with van der Waals surface area (Å²) >= 11 is 0. The second-order valence-electron chi connectivity index (χ2n) is 4.27. The van der Waals surface area contributed by atoms with Crippen LogP contribution in [0.25, 0.3) is 0 Å². The first kappa shape index (κ1) is 14.2. The first-order valence-electron chi connectivity index (χ1n) is 5.25. The van der Waals surface area contributed by atoms with E-state index in [0.717, 1.165) is 6.42 Å². The van der Waals surface area contributed by atoms with E-state index >= 15 is 0 Å². The minimum atomic E-state index is -2.42. The molecule has 0 saturated carbocycles. The van der Waals surface area contributed by atoms with Gasteiger partial charge in [-0.25, -0.2) is 0 Å². The van der Waals surface area contributed by atoms with Crippen LogP contribution in [0.1, 0.15) is 34.1 Å². The van der Waals surface area contributed by atoms with Gasteiger partial charge in [0.1, 0.15) is 0 Å². The Hall–Kier alpha value is 0.150. The summed E-state index contributed by atoms with van der Waals surface area (Å²) in [4.78, 5) is 0. The number of rotatable bonds is 6. The predicted octanol–water partition coefficient (Wildman–Crippen LogP) is 1.91. The molecule has 2 N–H and O–H groups in total. The van der Waals surface area contributed by atoms with Crippen molar-refractivity contribution in [3.63, 3.8) is 0 Å². The molecule has 0 saturated heterocycles. The third-order valence-electron chi connectivity index (χ3n) is 2.54. The van der Waals surface area contributed by atoms with Crippen LogP contribution in [0.3, 0.4) is 0 Å². The third-order valence-corrected chi connectivity index (χ3v) is 6.81. The average Bonchev–Trinajstić information content (AvgIpc) is 1.99. The summed E-state index contributed by atoms with van der Waals surface area (Å²) in [5.41, 5.74) is 0.0895. The van der Waals surface area contributed by atoms with Crippen LogP contribution in [0.5, 0.6) is 0 Å². The molecule has 0 aliphatic carbocycles. The van der Waals surface area contributed by atoms with Crippen molar-refractivity contribution >= 4 is 7.14 Å². The molecule has 4 heteroatoms. The highest BCUT2D eigenvalue weighted by atomic mass is 31.2. The van der Waals surface area contributed by atoms with Gasteiger partial charge in [0.15, 0.2) is 0 Å². The number of hydrogen-bond acceptors (Lipinski definition) is 3. The molecule has 0 bridgehead atoms. The topological polar surface area (TPSA) is 57.5 Å². The van der Waals surface area contributed by atoms with Crippen molar-refractivity contribution in [3.05, 3.63) is 0 Å². The lowest BCUT2D eigenvalue weighted by Crippen LogP contribution is -2.21. The van der Waals surface area contributed by atoms with Gasteiger partial charge < -0.3 is 14.8 Å². The number of aliphatic hydroxyl groups excluding tert-OH is 2. The first-order valence-corrected chi connectivity index (χ1v) is 7.40. The minimum absolute atomic E-state index is 0.0895. The zero-order chi connectivity index (χ0) is 11.4. The Kier molecular flexibility index (Phi) is 5.96. The van der Waals surface area contributed by atoms with E-state index in [1.54, 1.807) is 13.8 Å². The van der Waals surface area contributed by atoms with Crippen LogP contribution in [0.4, 0.5) is 0 Å². The van der Waals surface area contributed by atoms with E-state index < -0.39 is 19.3 Å². The zero-order valence-electron chi connectivity index (χ0n) is 9.60. The molecule has 3 atom stereocenters. The molecule has 0 heterocycles. The maximum Gasteiger partial charge on any atom is 0.0954 e. The van der Waals surface area contributed by atoms with Gasteiger partial charge in [-0.1, -0.05) is 13.8 Å². The van der Waals surface area contributed by atoms with Gasteiger partial charge in [0.05, 0.1) is 19.3 Å². The predicted molar refractivity (Wildman–Crippen MR) is 60.5 cm³/mol. The van der Waals surface area contributed by atoms with Crippen molar-refractivity contribution in [1.29, 1.82) is 0 Å². The van der Waals surface area contributed by atoms with Gasteiger partial charge in [-0.2, -0.15) is 0 Å². The highest BCUT2D eigenvalue weighted by molar-refractivity contribution is 7.64. The summed E-state index contributed by atoms with van der Waals surface area (Å²) in [6, 6.07) is 0. The van der Waals surface area contributed by atoms with Crippen LogP contribution in [0.15, 0.2) is 0 Å². The normalized spacial score (nSPS) is 22.4. The largest absolute Gasteiger partial charge is 0.393 e. The van der Waals surface area contributed by atoms with Crippen molar-refractivity contribution in [3.8, 4) is 0 Å².